The Morgan fingerprint density at radius 2 is 1.96 bits per heavy atom. The predicted octanol–water partition coefficient (Wildman–Crippen LogP) is 4.10. The van der Waals surface area contributed by atoms with Crippen molar-refractivity contribution in [3.05, 3.63) is 29.8 Å². The second kappa shape index (κ2) is 9.54. The molecule has 2 unspecified atom stereocenters. The first-order valence-corrected chi connectivity index (χ1v) is 8.65. The number of rotatable bonds is 4. The second-order valence-corrected chi connectivity index (χ2v) is 6.64. The number of nitrogens with one attached hydrogen (secondary N) is 1. The molecule has 2 fully saturated rings. The van der Waals surface area contributed by atoms with Gasteiger partial charge in [-0.15, -0.1) is 24.0 Å². The van der Waals surface area contributed by atoms with Crippen molar-refractivity contribution in [1.29, 1.82) is 0 Å². The summed E-state index contributed by atoms with van der Waals surface area (Å²) >= 11 is 0. The molecule has 1 N–H and O–H groups in total. The SMILES string of the molecule is CN=C(NCc1cccc(OC(F)F)c1)N1CC2CCCCC2C1.I. The highest BCUT2D eigenvalue weighted by atomic mass is 127. The van der Waals surface area contributed by atoms with Gasteiger partial charge in [-0.1, -0.05) is 25.0 Å². The van der Waals surface area contributed by atoms with Gasteiger partial charge in [0.1, 0.15) is 5.75 Å². The van der Waals surface area contributed by atoms with Crippen molar-refractivity contribution in [2.45, 2.75) is 38.8 Å². The Morgan fingerprint density at radius 1 is 1.28 bits per heavy atom. The Bertz CT molecular complexity index is 571. The van der Waals surface area contributed by atoms with Crippen LogP contribution in [0.15, 0.2) is 29.3 Å². The van der Waals surface area contributed by atoms with E-state index in [1.807, 2.05) is 6.07 Å². The smallest absolute Gasteiger partial charge is 0.387 e. The molecule has 4 nitrogen and oxygen atoms in total. The summed E-state index contributed by atoms with van der Waals surface area (Å²) in [5.41, 5.74) is 0.894. The van der Waals surface area contributed by atoms with Crippen molar-refractivity contribution in [2.75, 3.05) is 20.1 Å². The quantitative estimate of drug-likeness (QED) is 0.414. The molecule has 25 heavy (non-hydrogen) atoms. The molecule has 0 spiro atoms. The highest BCUT2D eigenvalue weighted by Gasteiger charge is 2.35. The van der Waals surface area contributed by atoms with Crippen LogP contribution in [0.25, 0.3) is 0 Å². The first-order chi connectivity index (χ1) is 11.7. The minimum Gasteiger partial charge on any atom is -0.435 e. The molecule has 0 amide bonds. The number of guanidine groups is 1. The summed E-state index contributed by atoms with van der Waals surface area (Å²) in [5, 5.41) is 3.35. The van der Waals surface area contributed by atoms with E-state index in [9.17, 15) is 8.78 Å². The maximum absolute atomic E-state index is 12.3. The molecule has 7 heteroatoms. The zero-order chi connectivity index (χ0) is 16.9. The lowest BCUT2D eigenvalue weighted by Crippen LogP contribution is -2.39. The van der Waals surface area contributed by atoms with E-state index in [2.05, 4.69) is 19.9 Å². The molecule has 140 valence electrons. The number of fused-ring (bicyclic) bond motifs is 1. The molecule has 1 aliphatic carbocycles. The van der Waals surface area contributed by atoms with Crippen LogP contribution in [0.2, 0.25) is 0 Å². The number of hydrogen-bond donors (Lipinski definition) is 1. The van der Waals surface area contributed by atoms with E-state index in [-0.39, 0.29) is 29.7 Å². The van der Waals surface area contributed by atoms with E-state index in [0.29, 0.717) is 6.54 Å². The van der Waals surface area contributed by atoms with E-state index in [1.165, 1.54) is 31.7 Å². The Hall–Kier alpha value is -1.12. The lowest BCUT2D eigenvalue weighted by Gasteiger charge is -2.22. The fourth-order valence-corrected chi connectivity index (χ4v) is 3.92. The van der Waals surface area contributed by atoms with Crippen molar-refractivity contribution in [1.82, 2.24) is 10.2 Å². The number of aliphatic imine (C=N–C) groups is 1. The van der Waals surface area contributed by atoms with E-state index in [0.717, 1.165) is 36.4 Å². The van der Waals surface area contributed by atoms with Gasteiger partial charge in [0.05, 0.1) is 0 Å². The summed E-state index contributed by atoms with van der Waals surface area (Å²) in [4.78, 5) is 6.73. The minimum atomic E-state index is -2.80. The van der Waals surface area contributed by atoms with Gasteiger partial charge in [-0.05, 0) is 42.4 Å². The molecule has 0 bridgehead atoms. The fraction of sp³-hybridized carbons (Fsp3) is 0.611. The fourth-order valence-electron chi connectivity index (χ4n) is 3.92. The molecule has 1 aliphatic heterocycles. The van der Waals surface area contributed by atoms with Crippen molar-refractivity contribution < 1.29 is 13.5 Å². The lowest BCUT2D eigenvalue weighted by atomic mass is 9.82. The van der Waals surface area contributed by atoms with E-state index >= 15 is 0 Å². The molecule has 3 rings (SSSR count). The van der Waals surface area contributed by atoms with Crippen LogP contribution in [0.3, 0.4) is 0 Å². The molecule has 1 saturated heterocycles. The number of ether oxygens (including phenoxy) is 1. The number of nitrogens with zero attached hydrogens (tertiary/aromatic N) is 2. The summed E-state index contributed by atoms with van der Waals surface area (Å²) in [7, 11) is 1.79. The van der Waals surface area contributed by atoms with Crippen LogP contribution in [-0.2, 0) is 6.54 Å². The van der Waals surface area contributed by atoms with Gasteiger partial charge in [-0.3, -0.25) is 4.99 Å². The topological polar surface area (TPSA) is 36.9 Å². The van der Waals surface area contributed by atoms with Gasteiger partial charge in [0.2, 0.25) is 0 Å². The molecule has 2 atom stereocenters. The Kier molecular flexibility index (Phi) is 7.71. The number of hydrogen-bond acceptors (Lipinski definition) is 2. The Morgan fingerprint density at radius 3 is 2.56 bits per heavy atom. The first kappa shape index (κ1) is 20.2. The van der Waals surface area contributed by atoms with Crippen molar-refractivity contribution in [2.24, 2.45) is 16.8 Å². The predicted molar refractivity (Wildman–Crippen MR) is 106 cm³/mol. The normalized spacial score (nSPS) is 23.2. The third-order valence-corrected chi connectivity index (χ3v) is 5.06. The summed E-state index contributed by atoms with van der Waals surface area (Å²) in [5.74, 6) is 2.66. The first-order valence-electron chi connectivity index (χ1n) is 8.65. The zero-order valence-corrected chi connectivity index (χ0v) is 16.8. The van der Waals surface area contributed by atoms with Crippen molar-refractivity contribution in [3.8, 4) is 5.75 Å². The van der Waals surface area contributed by atoms with Crippen molar-refractivity contribution >= 4 is 29.9 Å². The Balaban J connectivity index is 0.00000225. The number of benzene rings is 1. The maximum Gasteiger partial charge on any atom is 0.387 e. The maximum atomic E-state index is 12.3. The van der Waals surface area contributed by atoms with Crippen LogP contribution in [0.1, 0.15) is 31.2 Å². The monoisotopic (exact) mass is 465 g/mol. The zero-order valence-electron chi connectivity index (χ0n) is 14.5. The van der Waals surface area contributed by atoms with Gasteiger partial charge >= 0.3 is 6.61 Å². The van der Waals surface area contributed by atoms with Gasteiger partial charge in [0.15, 0.2) is 5.96 Å². The van der Waals surface area contributed by atoms with Crippen LogP contribution >= 0.6 is 24.0 Å². The Labute approximate surface area is 165 Å². The van der Waals surface area contributed by atoms with Gasteiger partial charge in [0.25, 0.3) is 0 Å². The van der Waals surface area contributed by atoms with Gasteiger partial charge in [-0.25, -0.2) is 0 Å². The summed E-state index contributed by atoms with van der Waals surface area (Å²) in [6.07, 6.45) is 5.34. The second-order valence-electron chi connectivity index (χ2n) is 6.64. The third-order valence-electron chi connectivity index (χ3n) is 5.06. The lowest BCUT2D eigenvalue weighted by molar-refractivity contribution is -0.0498. The molecule has 1 heterocycles. The highest BCUT2D eigenvalue weighted by Crippen LogP contribution is 2.35. The van der Waals surface area contributed by atoms with Crippen LogP contribution in [0.4, 0.5) is 8.78 Å². The average molecular weight is 465 g/mol. The molecule has 1 aromatic carbocycles. The number of likely N-dealkylation sites (tertiary alicyclic amines) is 1. The molecular weight excluding hydrogens is 439 g/mol. The minimum absolute atomic E-state index is 0. The molecular formula is C18H26F2IN3O. The molecule has 2 aliphatic rings. The van der Waals surface area contributed by atoms with Crippen LogP contribution in [-0.4, -0.2) is 37.6 Å². The van der Waals surface area contributed by atoms with E-state index in [4.69, 9.17) is 0 Å². The largest absolute Gasteiger partial charge is 0.435 e. The standard InChI is InChI=1S/C18H25F2N3O.HI/c1-21-18(23-11-14-6-2-3-7-15(14)12-23)22-10-13-5-4-8-16(9-13)24-17(19)20;/h4-5,8-9,14-15,17H,2-3,6-7,10-12H2,1H3,(H,21,22);1H. The third kappa shape index (κ3) is 5.43. The highest BCUT2D eigenvalue weighted by molar-refractivity contribution is 14.0. The molecule has 1 aromatic rings. The van der Waals surface area contributed by atoms with Crippen LogP contribution < -0.4 is 10.1 Å². The summed E-state index contributed by atoms with van der Waals surface area (Å²) < 4.78 is 29.1. The number of halogens is 3. The molecule has 0 aromatic heterocycles. The van der Waals surface area contributed by atoms with E-state index in [1.54, 1.807) is 19.2 Å². The number of alkyl halides is 2. The van der Waals surface area contributed by atoms with Gasteiger partial charge in [-0.2, -0.15) is 8.78 Å². The average Bonchev–Trinajstić information content (AvgIpc) is 2.99. The van der Waals surface area contributed by atoms with Crippen molar-refractivity contribution in [3.63, 3.8) is 0 Å². The van der Waals surface area contributed by atoms with E-state index < -0.39 is 6.61 Å². The molecule has 1 saturated carbocycles. The summed E-state index contributed by atoms with van der Waals surface area (Å²) in [6.45, 7) is -0.120. The van der Waals surface area contributed by atoms with Crippen LogP contribution in [0.5, 0.6) is 5.75 Å². The summed E-state index contributed by atoms with van der Waals surface area (Å²) in [6, 6.07) is 6.79. The molecule has 0 radical (unpaired) electrons. The van der Waals surface area contributed by atoms with Gasteiger partial charge in [0, 0.05) is 26.7 Å². The van der Waals surface area contributed by atoms with Gasteiger partial charge < -0.3 is 15.0 Å². The van der Waals surface area contributed by atoms with Crippen LogP contribution in [0, 0.1) is 11.8 Å².